The minimum Gasteiger partial charge on any atom is -0.350 e. The summed E-state index contributed by atoms with van der Waals surface area (Å²) in [5, 5.41) is 6.58. The van der Waals surface area contributed by atoms with Crippen LogP contribution >= 0.6 is 11.3 Å². The van der Waals surface area contributed by atoms with Gasteiger partial charge in [-0.15, -0.1) is 11.3 Å². The van der Waals surface area contributed by atoms with E-state index in [2.05, 4.69) is 39.3 Å². The van der Waals surface area contributed by atoms with Crippen LogP contribution in [-0.4, -0.2) is 15.5 Å². The van der Waals surface area contributed by atoms with Crippen LogP contribution in [-0.2, 0) is 11.8 Å². The van der Waals surface area contributed by atoms with E-state index in [-0.39, 0.29) is 5.91 Å². The number of anilines is 1. The number of aryl methyl sites for hydroxylation is 1. The number of hydrogen-bond donors (Lipinski definition) is 1. The number of thiazole rings is 1. The Morgan fingerprint density at radius 3 is 2.88 bits per heavy atom. The number of hydrogen-bond acceptors (Lipinski definition) is 3. The van der Waals surface area contributed by atoms with Crippen molar-refractivity contribution in [3.05, 3.63) is 53.7 Å². The van der Waals surface area contributed by atoms with Crippen LogP contribution in [0.15, 0.2) is 48.1 Å². The van der Waals surface area contributed by atoms with Gasteiger partial charge in [0, 0.05) is 46.9 Å². The van der Waals surface area contributed by atoms with Crippen LogP contribution in [0.4, 0.5) is 5.13 Å². The molecule has 0 atom stereocenters. The molecule has 1 aliphatic carbocycles. The quantitative estimate of drug-likeness (QED) is 0.683. The first kappa shape index (κ1) is 16.1. The summed E-state index contributed by atoms with van der Waals surface area (Å²) in [7, 11) is 2.03. The topological polar surface area (TPSA) is 46.9 Å². The summed E-state index contributed by atoms with van der Waals surface area (Å²) in [6.45, 7) is 0. The molecule has 4 nitrogen and oxygen atoms in total. The summed E-state index contributed by atoms with van der Waals surface area (Å²) in [6, 6.07) is 8.23. The Morgan fingerprint density at radius 2 is 2.12 bits per heavy atom. The van der Waals surface area contributed by atoms with Gasteiger partial charge < -0.3 is 4.57 Å². The molecule has 0 saturated heterocycles. The first-order valence-electron chi connectivity index (χ1n) is 8.69. The molecular weight excluding hydrogens is 330 g/mol. The van der Waals surface area contributed by atoms with Crippen molar-refractivity contribution >= 4 is 38.9 Å². The smallest absolute Gasteiger partial charge is 0.257 e. The van der Waals surface area contributed by atoms with E-state index in [1.807, 2.05) is 24.6 Å². The number of para-hydroxylation sites is 1. The zero-order chi connectivity index (χ0) is 17.2. The van der Waals surface area contributed by atoms with Gasteiger partial charge in [-0.05, 0) is 24.8 Å². The highest BCUT2D eigenvalue weighted by molar-refractivity contribution is 7.13. The Balaban J connectivity index is 1.77. The van der Waals surface area contributed by atoms with Crippen LogP contribution in [0.5, 0.6) is 0 Å². The van der Waals surface area contributed by atoms with Gasteiger partial charge in [0.2, 0.25) is 0 Å². The fourth-order valence-electron chi connectivity index (χ4n) is 3.65. The lowest BCUT2D eigenvalue weighted by Gasteiger charge is -2.10. The van der Waals surface area contributed by atoms with Gasteiger partial charge in [-0.2, -0.15) is 0 Å². The molecule has 0 bridgehead atoms. The number of benzene rings is 1. The number of aromatic nitrogens is 2. The maximum atomic E-state index is 13.0. The molecule has 0 spiro atoms. The number of allylic oxidation sites excluding steroid dienone is 1. The lowest BCUT2D eigenvalue weighted by atomic mass is 9.97. The van der Waals surface area contributed by atoms with Crippen molar-refractivity contribution in [2.45, 2.75) is 25.7 Å². The van der Waals surface area contributed by atoms with E-state index in [1.165, 1.54) is 37.0 Å². The molecule has 2 heterocycles. The average molecular weight is 351 g/mol. The lowest BCUT2D eigenvalue weighted by Crippen LogP contribution is -2.14. The third-order valence-electron chi connectivity index (χ3n) is 4.89. The highest BCUT2D eigenvalue weighted by Gasteiger charge is 2.21. The van der Waals surface area contributed by atoms with E-state index in [0.29, 0.717) is 11.0 Å². The molecule has 1 fully saturated rings. The van der Waals surface area contributed by atoms with Crippen molar-refractivity contribution in [1.82, 2.24) is 9.55 Å². The minimum absolute atomic E-state index is 0.0711. The zero-order valence-electron chi connectivity index (χ0n) is 14.2. The van der Waals surface area contributed by atoms with Crippen molar-refractivity contribution in [3.63, 3.8) is 0 Å². The zero-order valence-corrected chi connectivity index (χ0v) is 15.1. The first-order valence-corrected chi connectivity index (χ1v) is 9.57. The van der Waals surface area contributed by atoms with Crippen LogP contribution in [0.3, 0.4) is 0 Å². The van der Waals surface area contributed by atoms with Crippen LogP contribution in [0.1, 0.15) is 31.2 Å². The van der Waals surface area contributed by atoms with E-state index in [1.54, 1.807) is 6.20 Å². The number of rotatable bonds is 4. The van der Waals surface area contributed by atoms with Crippen molar-refractivity contribution in [2.24, 2.45) is 13.0 Å². The highest BCUT2D eigenvalue weighted by Crippen LogP contribution is 2.33. The summed E-state index contributed by atoms with van der Waals surface area (Å²) in [5.74, 6) is 0.411. The molecule has 0 aliphatic heterocycles. The SMILES string of the molecule is Cn1cc(C(=CC2CCCC2)C(=O)Nc2nccs2)c2ccccc21. The molecule has 0 unspecified atom stereocenters. The summed E-state index contributed by atoms with van der Waals surface area (Å²) in [5.41, 5.74) is 2.90. The van der Waals surface area contributed by atoms with Crippen LogP contribution in [0.25, 0.3) is 16.5 Å². The van der Waals surface area contributed by atoms with Gasteiger partial charge in [-0.3, -0.25) is 10.1 Å². The van der Waals surface area contributed by atoms with Gasteiger partial charge in [0.25, 0.3) is 5.91 Å². The molecule has 2 aromatic heterocycles. The molecule has 128 valence electrons. The third-order valence-corrected chi connectivity index (χ3v) is 5.58. The summed E-state index contributed by atoms with van der Waals surface area (Å²) in [6.07, 6.45) is 10.8. The molecule has 3 aromatic rings. The largest absolute Gasteiger partial charge is 0.350 e. The van der Waals surface area contributed by atoms with Gasteiger partial charge >= 0.3 is 0 Å². The van der Waals surface area contributed by atoms with E-state index in [4.69, 9.17) is 0 Å². The molecule has 1 saturated carbocycles. The molecule has 1 amide bonds. The van der Waals surface area contributed by atoms with Crippen molar-refractivity contribution in [2.75, 3.05) is 5.32 Å². The molecule has 0 radical (unpaired) electrons. The molecule has 1 N–H and O–H groups in total. The Morgan fingerprint density at radius 1 is 1.32 bits per heavy atom. The lowest BCUT2D eigenvalue weighted by molar-refractivity contribution is -0.111. The standard InChI is InChI=1S/C20H21N3OS/c1-23-13-17(15-8-4-5-9-18(15)23)16(12-14-6-2-3-7-14)19(24)22-20-21-10-11-25-20/h4-5,8-14H,2-3,6-7H2,1H3,(H,21,22,24). The van der Waals surface area contributed by atoms with Crippen molar-refractivity contribution < 1.29 is 4.79 Å². The second-order valence-electron chi connectivity index (χ2n) is 6.59. The number of fused-ring (bicyclic) bond motifs is 1. The van der Waals surface area contributed by atoms with E-state index in [0.717, 1.165) is 22.0 Å². The molecule has 25 heavy (non-hydrogen) atoms. The maximum absolute atomic E-state index is 13.0. The highest BCUT2D eigenvalue weighted by atomic mass is 32.1. The van der Waals surface area contributed by atoms with Gasteiger partial charge in [0.1, 0.15) is 0 Å². The fraction of sp³-hybridized carbons (Fsp3) is 0.300. The molecule has 1 aliphatic rings. The van der Waals surface area contributed by atoms with Gasteiger partial charge in [-0.25, -0.2) is 4.98 Å². The van der Waals surface area contributed by atoms with Crippen LogP contribution in [0.2, 0.25) is 0 Å². The first-order chi connectivity index (χ1) is 12.2. The van der Waals surface area contributed by atoms with Crippen LogP contribution < -0.4 is 5.32 Å². The van der Waals surface area contributed by atoms with Gasteiger partial charge in [0.05, 0.1) is 0 Å². The Labute approximate surface area is 151 Å². The Bertz CT molecular complexity index is 918. The normalized spacial score (nSPS) is 15.8. The average Bonchev–Trinajstić information content (AvgIpc) is 3.35. The number of carbonyl (C=O) groups excluding carboxylic acids is 1. The number of nitrogens with zero attached hydrogens (tertiary/aromatic N) is 2. The molecular formula is C20H21N3OS. The Kier molecular flexibility index (Phi) is 4.40. The van der Waals surface area contributed by atoms with Gasteiger partial charge in [-0.1, -0.05) is 37.1 Å². The minimum atomic E-state index is -0.0711. The third kappa shape index (κ3) is 3.24. The predicted octanol–water partition coefficient (Wildman–Crippen LogP) is 4.85. The predicted molar refractivity (Wildman–Crippen MR) is 104 cm³/mol. The van der Waals surface area contributed by atoms with Crippen molar-refractivity contribution in [3.8, 4) is 0 Å². The van der Waals surface area contributed by atoms with E-state index in [9.17, 15) is 4.79 Å². The number of amides is 1. The van der Waals surface area contributed by atoms with E-state index >= 15 is 0 Å². The summed E-state index contributed by atoms with van der Waals surface area (Å²) >= 11 is 1.44. The second kappa shape index (κ2) is 6.84. The maximum Gasteiger partial charge on any atom is 0.257 e. The monoisotopic (exact) mass is 351 g/mol. The second-order valence-corrected chi connectivity index (χ2v) is 7.48. The summed E-state index contributed by atoms with van der Waals surface area (Å²) < 4.78 is 2.09. The fourth-order valence-corrected chi connectivity index (χ4v) is 4.18. The van der Waals surface area contributed by atoms with Gasteiger partial charge in [0.15, 0.2) is 5.13 Å². The van der Waals surface area contributed by atoms with E-state index < -0.39 is 0 Å². The number of nitrogens with one attached hydrogen (secondary N) is 1. The molecule has 1 aromatic carbocycles. The number of carbonyl (C=O) groups is 1. The molecule has 4 rings (SSSR count). The molecule has 5 heteroatoms. The van der Waals surface area contributed by atoms with Crippen LogP contribution in [0, 0.1) is 5.92 Å². The summed E-state index contributed by atoms with van der Waals surface area (Å²) in [4.78, 5) is 17.2. The Hall–Kier alpha value is -2.40. The van der Waals surface area contributed by atoms with Crippen molar-refractivity contribution in [1.29, 1.82) is 0 Å².